The van der Waals surface area contributed by atoms with E-state index >= 15 is 4.39 Å². The van der Waals surface area contributed by atoms with Crippen molar-refractivity contribution >= 4 is 115 Å². The van der Waals surface area contributed by atoms with Crippen LogP contribution in [0.25, 0.3) is 66.1 Å². The fourth-order valence-electron chi connectivity index (χ4n) is 17.9. The van der Waals surface area contributed by atoms with Gasteiger partial charge in [-0.2, -0.15) is 54.5 Å². The molecule has 0 spiro atoms. The Morgan fingerprint density at radius 1 is 0.412 bits per heavy atom. The van der Waals surface area contributed by atoms with Crippen molar-refractivity contribution in [2.24, 2.45) is 0 Å². The number of halogens is 14. The highest BCUT2D eigenvalue weighted by Gasteiger charge is 2.46. The number of thioether (sulfide) groups is 3. The van der Waals surface area contributed by atoms with E-state index in [4.69, 9.17) is 40.0 Å². The fourth-order valence-corrected chi connectivity index (χ4v) is 21.9. The van der Waals surface area contributed by atoms with Crippen LogP contribution in [-0.2, 0) is 81.0 Å². The van der Waals surface area contributed by atoms with Crippen LogP contribution in [0, 0.1) is 23.3 Å². The summed E-state index contributed by atoms with van der Waals surface area (Å²) in [5.74, 6) is -3.36. The van der Waals surface area contributed by atoms with Gasteiger partial charge in [0.25, 0.3) is 0 Å². The molecule has 9 aromatic rings. The third kappa shape index (κ3) is 20.7. The van der Waals surface area contributed by atoms with Crippen LogP contribution in [0.2, 0.25) is 5.02 Å². The van der Waals surface area contributed by atoms with Crippen molar-refractivity contribution in [2.75, 3.05) is 132 Å². The summed E-state index contributed by atoms with van der Waals surface area (Å²) in [6.45, 7) is 24.6. The molecule has 6 aliphatic rings. The van der Waals surface area contributed by atoms with Crippen LogP contribution in [0.15, 0.2) is 146 Å². The van der Waals surface area contributed by atoms with E-state index in [2.05, 4.69) is 34.7 Å². The number of carbonyl (C=O) groups is 3. The molecule has 3 aromatic heterocycles. The molecule has 15 rings (SSSR count). The molecule has 6 aromatic carbocycles. The van der Waals surface area contributed by atoms with Gasteiger partial charge in [0, 0.05) is 173 Å². The molecule has 702 valence electrons. The minimum Gasteiger partial charge on any atom is -0.382 e. The normalized spacial score (nSPS) is 20.6. The van der Waals surface area contributed by atoms with Crippen LogP contribution in [0.1, 0.15) is 58.2 Å². The number of ether oxygens (including phenoxy) is 6. The smallest absolute Gasteiger partial charge is 0.382 e. The number of amides is 3. The van der Waals surface area contributed by atoms with E-state index in [1.54, 1.807) is 43.2 Å². The van der Waals surface area contributed by atoms with Crippen molar-refractivity contribution in [1.29, 1.82) is 0 Å². The molecule has 6 aliphatic heterocycles. The van der Waals surface area contributed by atoms with Gasteiger partial charge in [-0.05, 0) is 125 Å². The summed E-state index contributed by atoms with van der Waals surface area (Å²) in [5, 5.41) is 0.0220. The summed E-state index contributed by atoms with van der Waals surface area (Å²) in [4.78, 5) is 102. The summed E-state index contributed by atoms with van der Waals surface area (Å²) in [6.07, 6.45) is -12.5. The molecule has 3 fully saturated rings. The summed E-state index contributed by atoms with van der Waals surface area (Å²) in [7, 11) is 4.54. The second kappa shape index (κ2) is 40.8. The SMILES string of the molecule is C=CC(=O)N1[C@H](C)CN(c2nc(=O)n3c4c(c(-c5ccc(F)c(Cl)c5)c(C(F)(F)F)cc24)SCC(OCCOC)C3)C[C@@H]1C.C=CC(=O)N1[C@H](C)CN(c2nc(=O)n3c4c(c(-c5ccc(F)cc5)c(C(F)(F)F)cc24)SCC(OCCOC)C3)C[C@@H]1C.C=CC(=O)N1[C@H](C)CN(c2nc(=O)n3c4c(c(-c5ccc(F)cc5F)c(C(F)(F)F)cc24)SCC(OCCOC)C3)C[C@@H]1C. The first kappa shape index (κ1) is 98.5. The first-order chi connectivity index (χ1) is 62.1. The third-order valence-corrected chi connectivity index (χ3v) is 27.3. The van der Waals surface area contributed by atoms with E-state index in [-0.39, 0.29) is 243 Å². The zero-order valence-corrected chi connectivity index (χ0v) is 75.8. The maximum absolute atomic E-state index is 15.2. The van der Waals surface area contributed by atoms with Gasteiger partial charge in [0.05, 0.1) is 116 Å². The largest absolute Gasteiger partial charge is 0.417 e. The molecule has 9 atom stereocenters. The third-order valence-electron chi connectivity index (χ3n) is 23.3. The zero-order valence-electron chi connectivity index (χ0n) is 72.6. The van der Waals surface area contributed by atoms with Gasteiger partial charge in [-0.15, -0.1) is 35.3 Å². The number of hydrogen-bond acceptors (Lipinski definition) is 21. The second-order valence-corrected chi connectivity index (χ2v) is 35.9. The van der Waals surface area contributed by atoms with Gasteiger partial charge in [0.15, 0.2) is 0 Å². The Kier molecular flexibility index (Phi) is 30.7. The summed E-state index contributed by atoms with van der Waals surface area (Å²) < 4.78 is 228. The molecule has 0 bridgehead atoms. The maximum atomic E-state index is 15.2. The minimum absolute atomic E-state index is 0.0143. The second-order valence-electron chi connectivity index (χ2n) is 32.4. The van der Waals surface area contributed by atoms with Gasteiger partial charge < -0.3 is 57.8 Å². The summed E-state index contributed by atoms with van der Waals surface area (Å²) >= 11 is 9.34. The van der Waals surface area contributed by atoms with Gasteiger partial charge in [-0.25, -0.2) is 31.9 Å². The first-order valence-corrected chi connectivity index (χ1v) is 45.0. The molecular weight excluding hydrogens is 1820 g/mol. The number of rotatable bonds is 21. The van der Waals surface area contributed by atoms with Crippen LogP contribution in [0.5, 0.6) is 0 Å². The van der Waals surface area contributed by atoms with Crippen LogP contribution in [0.4, 0.5) is 74.5 Å². The van der Waals surface area contributed by atoms with E-state index in [0.717, 1.165) is 78.1 Å². The number of piperazine rings is 3. The maximum Gasteiger partial charge on any atom is 0.417 e. The van der Waals surface area contributed by atoms with E-state index in [0.29, 0.717) is 24.8 Å². The van der Waals surface area contributed by atoms with E-state index in [1.165, 1.54) is 83.2 Å². The lowest BCUT2D eigenvalue weighted by Crippen LogP contribution is -2.58. The number of nitrogens with zero attached hydrogens (tertiary/aromatic N) is 12. The van der Waals surface area contributed by atoms with Gasteiger partial charge in [0.1, 0.15) is 40.7 Å². The Bertz CT molecular complexity index is 6040. The molecule has 131 heavy (non-hydrogen) atoms. The number of aromatic nitrogens is 6. The Labute approximate surface area is 761 Å². The van der Waals surface area contributed by atoms with Gasteiger partial charge >= 0.3 is 35.6 Å². The predicted octanol–water partition coefficient (Wildman–Crippen LogP) is 15.7. The molecule has 41 heteroatoms. The van der Waals surface area contributed by atoms with Gasteiger partial charge in [0.2, 0.25) is 17.7 Å². The molecule has 9 heterocycles. The lowest BCUT2D eigenvalue weighted by Gasteiger charge is -2.44. The number of alkyl halides is 9. The van der Waals surface area contributed by atoms with Crippen molar-refractivity contribution in [3.05, 3.63) is 193 Å². The van der Waals surface area contributed by atoms with Gasteiger partial charge in [-0.3, -0.25) is 28.1 Å². The molecule has 3 unspecified atom stereocenters. The zero-order chi connectivity index (χ0) is 94.9. The van der Waals surface area contributed by atoms with Crippen molar-refractivity contribution in [3.63, 3.8) is 0 Å². The molecule has 0 saturated carbocycles. The molecular formula is C90H94ClF13N12O12S3. The van der Waals surface area contributed by atoms with Crippen molar-refractivity contribution in [2.45, 2.75) is 149 Å². The lowest BCUT2D eigenvalue weighted by molar-refractivity contribution is -0.137. The molecule has 0 N–H and O–H groups in total. The molecule has 3 amide bonds. The highest BCUT2D eigenvalue weighted by molar-refractivity contribution is 8.00. The minimum atomic E-state index is -4.95. The number of benzene rings is 6. The summed E-state index contributed by atoms with van der Waals surface area (Å²) in [6, 6.07) is 11.5. The van der Waals surface area contributed by atoms with Crippen LogP contribution in [-0.4, -0.2) is 233 Å². The molecule has 0 radical (unpaired) electrons. The Balaban J connectivity index is 0.000000167. The Morgan fingerprint density at radius 2 is 0.718 bits per heavy atom. The van der Waals surface area contributed by atoms with Crippen molar-refractivity contribution in [3.8, 4) is 33.4 Å². The standard InChI is InChI=1S/C30H31ClF4N4O4S.C30H31F5N4O4S.C30H32F4N4O4S/c1-5-24(40)39-16(2)12-37(13-17(39)3)28-20-11-21(30(33,34)35)25(18-6-7-23(32)22(31)10-18)27-26(20)38(29(41)36-28)14-19(15-44-27)43-9-8-42-4;1-5-24(40)39-16(2)12-37(13-17(39)3)28-21-11-22(30(33,34)35)25(20-7-6-18(31)10-23(20)32)27-26(21)38(29(41)36-28)14-19(15-44-27)43-9-8-42-4;1-5-24(39)38-17(2)13-36(14-18(38)3)28-22-12-23(30(32,33)34)25(19-6-8-20(31)9-7-19)27-26(22)37(29(40)35-28)15-21(16-43-27)42-11-10-41-4/h2*5-7,10-11,16-17,19H,1,8-9,12-15H2,2-4H3;5-9,12,17-18,21H,1,10-11,13-16H2,2-4H3/t2*16-,17+,19?;17-,18+,21?. The highest BCUT2D eigenvalue weighted by Crippen LogP contribution is 2.54. The molecule has 24 nitrogen and oxygen atoms in total. The topological polar surface area (TPSA) is 231 Å². The Hall–Kier alpha value is -10.0. The number of methoxy groups -OCH3 is 3. The number of hydrogen-bond donors (Lipinski definition) is 0. The van der Waals surface area contributed by atoms with Crippen molar-refractivity contribution < 1.29 is 99.9 Å². The van der Waals surface area contributed by atoms with Crippen molar-refractivity contribution in [1.82, 2.24) is 43.4 Å². The quantitative estimate of drug-likeness (QED) is 0.0370. The Morgan fingerprint density at radius 3 is 1.02 bits per heavy atom. The van der Waals surface area contributed by atoms with E-state index in [1.807, 2.05) is 27.7 Å². The average molecular weight is 1910 g/mol. The monoisotopic (exact) mass is 1910 g/mol. The van der Waals surface area contributed by atoms with Crippen LogP contribution < -0.4 is 31.8 Å². The number of carbonyl (C=O) groups excluding carboxylic acids is 3. The first-order valence-electron chi connectivity index (χ1n) is 41.7. The van der Waals surface area contributed by atoms with E-state index < -0.39 is 105 Å². The average Bonchev–Trinajstić information content (AvgIpc) is 1.72. The number of anilines is 3. The van der Waals surface area contributed by atoms with Gasteiger partial charge in [-0.1, -0.05) is 49.5 Å². The predicted molar refractivity (Wildman–Crippen MR) is 476 cm³/mol. The molecule has 3 saturated heterocycles. The van der Waals surface area contributed by atoms with Crippen LogP contribution in [0.3, 0.4) is 0 Å². The van der Waals surface area contributed by atoms with E-state index in [9.17, 15) is 81.5 Å². The molecule has 0 aliphatic carbocycles. The summed E-state index contributed by atoms with van der Waals surface area (Å²) in [5.41, 5.74) is -5.31. The highest BCUT2D eigenvalue weighted by atomic mass is 35.5. The fraction of sp³-hybridized carbons (Fsp3) is 0.433. The van der Waals surface area contributed by atoms with Crippen LogP contribution >= 0.6 is 46.9 Å². The lowest BCUT2D eigenvalue weighted by atomic mass is 9.95.